The van der Waals surface area contributed by atoms with Crippen LogP contribution in [-0.4, -0.2) is 39.7 Å². The van der Waals surface area contributed by atoms with Crippen LogP contribution in [0.3, 0.4) is 0 Å². The second kappa shape index (κ2) is 22.6. The predicted octanol–water partition coefficient (Wildman–Crippen LogP) is 11.5. The molecular weight excluding hydrogens is 980 g/mol. The maximum Gasteiger partial charge on any atom is 0.357 e. The number of hydrogen-bond donors (Lipinski definition) is 4. The molecule has 4 aromatic heterocycles. The molecule has 0 unspecified atom stereocenters. The number of hydrogen-bond acceptors (Lipinski definition) is 12. The third-order valence-corrected chi connectivity index (χ3v) is 14.4. The van der Waals surface area contributed by atoms with E-state index in [-0.39, 0.29) is 42.1 Å². The van der Waals surface area contributed by atoms with Gasteiger partial charge in [0.15, 0.2) is 0 Å². The summed E-state index contributed by atoms with van der Waals surface area (Å²) in [7, 11) is -4.35. The van der Waals surface area contributed by atoms with E-state index in [2.05, 4.69) is 10.6 Å². The predicted molar refractivity (Wildman–Crippen MR) is 265 cm³/mol. The third-order valence-electron chi connectivity index (χ3n) is 9.63. The fourth-order valence-electron chi connectivity index (χ4n) is 6.62. The van der Waals surface area contributed by atoms with E-state index in [1.165, 1.54) is 34.8 Å². The maximum absolute atomic E-state index is 12.9. The lowest BCUT2D eigenvalue weighted by molar-refractivity contribution is -0.384. The minimum Gasteiger partial charge on any atom is -0.347 e. The van der Waals surface area contributed by atoms with Crippen molar-refractivity contribution in [1.29, 1.82) is 0 Å². The first-order valence-corrected chi connectivity index (χ1v) is 25.6. The highest BCUT2D eigenvalue weighted by molar-refractivity contribution is 7.87. The largest absolute Gasteiger partial charge is 0.357 e. The fourth-order valence-corrected chi connectivity index (χ4v) is 10.9. The van der Waals surface area contributed by atoms with Crippen LogP contribution in [0.5, 0.6) is 0 Å². The normalized spacial score (nSPS) is 12.0. The molecule has 0 saturated carbocycles. The molecule has 0 fully saturated rings. The van der Waals surface area contributed by atoms with Crippen LogP contribution in [0.25, 0.3) is 19.8 Å². The molecule has 2 atom stereocenters. The van der Waals surface area contributed by atoms with Gasteiger partial charge in [0, 0.05) is 32.9 Å². The number of nitro groups is 1. The zero-order chi connectivity index (χ0) is 46.6. The Morgan fingerprint density at radius 1 is 0.636 bits per heavy atom. The van der Waals surface area contributed by atoms with Gasteiger partial charge in [0.25, 0.3) is 5.69 Å². The number of carbonyl (C=O) groups is 2. The summed E-state index contributed by atoms with van der Waals surface area (Å²) >= 11 is 18.3. The molecular formula is C46H38Cl2N6O7S5. The van der Waals surface area contributed by atoms with Crippen LogP contribution in [0.2, 0.25) is 10.0 Å². The van der Waals surface area contributed by atoms with Gasteiger partial charge in [-0.2, -0.15) is 8.42 Å². The van der Waals surface area contributed by atoms with Gasteiger partial charge in [-0.1, -0.05) is 83.9 Å². The van der Waals surface area contributed by atoms with Gasteiger partial charge in [0.05, 0.1) is 56.7 Å². The van der Waals surface area contributed by atoms with Gasteiger partial charge in [0.1, 0.15) is 10.0 Å². The van der Waals surface area contributed by atoms with Gasteiger partial charge in [-0.15, -0.1) is 45.3 Å². The molecule has 4 heterocycles. The number of benzene rings is 4. The molecule has 0 aliphatic rings. The highest BCUT2D eigenvalue weighted by Crippen LogP contribution is 2.33. The van der Waals surface area contributed by atoms with Gasteiger partial charge in [0.2, 0.25) is 11.8 Å². The minimum absolute atomic E-state index is 0.0314. The van der Waals surface area contributed by atoms with Crippen LogP contribution in [-0.2, 0) is 45.6 Å². The summed E-state index contributed by atoms with van der Waals surface area (Å²) in [6.07, 6.45) is 1.28. The molecule has 8 aromatic rings. The highest BCUT2D eigenvalue weighted by Gasteiger charge is 2.22. The number of nitro benzene ring substituents is 1. The summed E-state index contributed by atoms with van der Waals surface area (Å²) in [5, 5.41) is 27.9. The molecule has 66 heavy (non-hydrogen) atoms. The van der Waals surface area contributed by atoms with Crippen molar-refractivity contribution in [2.45, 2.75) is 37.8 Å². The van der Waals surface area contributed by atoms with Crippen molar-refractivity contribution >= 4 is 102 Å². The first-order valence-electron chi connectivity index (χ1n) is 19.9. The van der Waals surface area contributed by atoms with Crippen molar-refractivity contribution in [3.63, 3.8) is 0 Å². The number of nitrogens with zero attached hydrogens (tertiary/aromatic N) is 3. The maximum atomic E-state index is 12.9. The molecule has 0 spiro atoms. The van der Waals surface area contributed by atoms with E-state index in [1.807, 2.05) is 68.7 Å². The molecule has 8 rings (SSSR count). The van der Waals surface area contributed by atoms with Crippen molar-refractivity contribution in [1.82, 2.24) is 20.6 Å². The molecule has 0 radical (unpaired) electrons. The number of thiophene rings is 2. The minimum atomic E-state index is -4.35. The highest BCUT2D eigenvalue weighted by atomic mass is 35.5. The van der Waals surface area contributed by atoms with E-state index in [0.717, 1.165) is 53.4 Å². The van der Waals surface area contributed by atoms with Crippen molar-refractivity contribution in [2.75, 3.05) is 4.72 Å². The van der Waals surface area contributed by atoms with E-state index in [4.69, 9.17) is 37.7 Å². The number of carbonyl (C=O) groups excluding carboxylic acids is 2. The summed E-state index contributed by atoms with van der Waals surface area (Å²) in [6.45, 7) is 0. The van der Waals surface area contributed by atoms with E-state index < -0.39 is 21.3 Å². The Morgan fingerprint density at radius 3 is 1.48 bits per heavy atom. The van der Waals surface area contributed by atoms with Gasteiger partial charge >= 0.3 is 10.3 Å². The SMILES string of the molecule is O=C(Cc1cccc(Cl)c1)N[C@@H](Cc1ccc(NS(=O)(=O)O)cc1)c1csc(-c2cccs2)n1.O=C(Cc1cccc(Cl)c1)N[C@@H](Cc1ccc([N+](=O)[O-])cc1)c1csc(-c2cccs2)n1. The van der Waals surface area contributed by atoms with Crippen molar-refractivity contribution in [3.8, 4) is 19.8 Å². The average Bonchev–Trinajstić information content (AvgIpc) is 4.12. The fraction of sp³-hybridized carbons (Fsp3) is 0.130. The number of halogens is 2. The van der Waals surface area contributed by atoms with Crippen LogP contribution in [0.4, 0.5) is 11.4 Å². The summed E-state index contributed by atoms with van der Waals surface area (Å²) in [6, 6.07) is 34.5. The Balaban J connectivity index is 0.000000197. The average molecular weight is 1020 g/mol. The third kappa shape index (κ3) is 14.3. The first-order chi connectivity index (χ1) is 31.7. The monoisotopic (exact) mass is 1020 g/mol. The molecule has 338 valence electrons. The number of non-ortho nitro benzene ring substituents is 1. The Kier molecular flexibility index (Phi) is 16.5. The summed E-state index contributed by atoms with van der Waals surface area (Å²) in [5.41, 5.74) is 5.13. The molecule has 20 heteroatoms. The van der Waals surface area contributed by atoms with Gasteiger partial charge in [-0.25, -0.2) is 9.97 Å². The topological polar surface area (TPSA) is 194 Å². The lowest BCUT2D eigenvalue weighted by atomic mass is 10.0. The van der Waals surface area contributed by atoms with Gasteiger partial charge in [-0.3, -0.25) is 29.0 Å². The molecule has 4 aromatic carbocycles. The van der Waals surface area contributed by atoms with Crippen LogP contribution in [0.15, 0.2) is 143 Å². The molecule has 2 amide bonds. The van der Waals surface area contributed by atoms with Crippen LogP contribution in [0.1, 0.15) is 45.7 Å². The van der Waals surface area contributed by atoms with Crippen LogP contribution >= 0.6 is 68.5 Å². The van der Waals surface area contributed by atoms with Gasteiger partial charge in [-0.05, 0) is 94.4 Å². The smallest absolute Gasteiger partial charge is 0.347 e. The lowest BCUT2D eigenvalue weighted by Crippen LogP contribution is -2.31. The number of rotatable bonds is 17. The number of aromatic nitrogens is 2. The van der Waals surface area contributed by atoms with E-state index in [9.17, 15) is 28.1 Å². The van der Waals surface area contributed by atoms with E-state index in [0.29, 0.717) is 22.9 Å². The summed E-state index contributed by atoms with van der Waals surface area (Å²) in [4.78, 5) is 47.8. The number of amides is 2. The zero-order valence-corrected chi connectivity index (χ0v) is 40.0. The standard InChI is InChI=1S/C23H20ClN3O4S3.C23H18ClN3O3S2/c24-17-4-1-3-16(11-17)13-22(28)25-19(20-14-33-23(26-20)21-5-2-10-32-21)12-15-6-8-18(9-7-15)27-34(29,30)31;24-17-4-1-3-16(11-17)13-22(28)25-19(12-15-6-8-18(9-7-15)27(29)30)20-14-32-23(26-20)21-5-2-10-31-21/h1-11,14,19,27H,12-13H2,(H,25,28)(H,29,30,31);1-11,14,19H,12-13H2,(H,25,28)/t2*19-/m00/s1. The van der Waals surface area contributed by atoms with Crippen LogP contribution < -0.4 is 15.4 Å². The number of thiazole rings is 2. The molecule has 4 N–H and O–H groups in total. The lowest BCUT2D eigenvalue weighted by Gasteiger charge is -2.18. The number of anilines is 1. The Hall–Kier alpha value is -5.83. The second-order valence-electron chi connectivity index (χ2n) is 14.6. The summed E-state index contributed by atoms with van der Waals surface area (Å²) < 4.78 is 33.0. The van der Waals surface area contributed by atoms with Crippen molar-refractivity contribution < 1.29 is 27.5 Å². The molecule has 0 aliphatic carbocycles. The first kappa shape index (κ1) is 48.1. The molecule has 13 nitrogen and oxygen atoms in total. The Labute approximate surface area is 406 Å². The number of nitrogens with one attached hydrogen (secondary N) is 3. The van der Waals surface area contributed by atoms with Crippen molar-refractivity contribution in [2.24, 2.45) is 0 Å². The Bertz CT molecular complexity index is 3000. The van der Waals surface area contributed by atoms with E-state index in [1.54, 1.807) is 89.4 Å². The van der Waals surface area contributed by atoms with E-state index >= 15 is 0 Å². The van der Waals surface area contributed by atoms with Crippen LogP contribution in [0, 0.1) is 10.1 Å². The quantitative estimate of drug-likeness (QED) is 0.0390. The molecule has 0 saturated heterocycles. The van der Waals surface area contributed by atoms with Gasteiger partial charge < -0.3 is 10.6 Å². The second-order valence-corrected chi connectivity index (χ2v) is 20.2. The molecule has 0 aliphatic heterocycles. The Morgan fingerprint density at radius 2 is 1.09 bits per heavy atom. The summed E-state index contributed by atoms with van der Waals surface area (Å²) in [5.74, 6) is -0.313. The molecule has 0 bridgehead atoms. The van der Waals surface area contributed by atoms with Crippen molar-refractivity contribution in [3.05, 3.63) is 197 Å². The zero-order valence-electron chi connectivity index (χ0n) is 34.4.